The van der Waals surface area contributed by atoms with Gasteiger partial charge < -0.3 is 5.11 Å². The molecule has 1 aliphatic carbocycles. The maximum absolute atomic E-state index is 10.5. The maximum atomic E-state index is 10.5. The predicted octanol–water partition coefficient (Wildman–Crippen LogP) is 2.68. The Kier molecular flexibility index (Phi) is 2.76. The van der Waals surface area contributed by atoms with Gasteiger partial charge in [0.2, 0.25) is 0 Å². The van der Waals surface area contributed by atoms with Gasteiger partial charge in [0, 0.05) is 6.42 Å². The van der Waals surface area contributed by atoms with Gasteiger partial charge in [0.25, 0.3) is 0 Å². The van der Waals surface area contributed by atoms with Gasteiger partial charge in [-0.25, -0.2) is 0 Å². The molecule has 1 aliphatic rings. The van der Waals surface area contributed by atoms with Crippen molar-refractivity contribution in [3.63, 3.8) is 0 Å². The van der Waals surface area contributed by atoms with Crippen molar-refractivity contribution < 1.29 is 9.90 Å². The highest BCUT2D eigenvalue weighted by Gasteiger charge is 2.34. The zero-order chi connectivity index (χ0) is 9.19. The van der Waals surface area contributed by atoms with Crippen LogP contribution in [0.2, 0.25) is 0 Å². The van der Waals surface area contributed by atoms with Crippen LogP contribution in [-0.2, 0) is 4.79 Å². The summed E-state index contributed by atoms with van der Waals surface area (Å²) in [6.07, 6.45) is 5.31. The smallest absolute Gasteiger partial charge is 0.303 e. The summed E-state index contributed by atoms with van der Waals surface area (Å²) >= 11 is 0. The van der Waals surface area contributed by atoms with Crippen molar-refractivity contribution in [3.8, 4) is 0 Å². The van der Waals surface area contributed by atoms with Gasteiger partial charge in [-0.3, -0.25) is 4.79 Å². The van der Waals surface area contributed by atoms with Crippen LogP contribution in [0.1, 0.15) is 46.0 Å². The second-order valence-electron chi connectivity index (χ2n) is 4.36. The average molecular weight is 170 g/mol. The molecule has 0 aromatic heterocycles. The molecule has 70 valence electrons. The lowest BCUT2D eigenvalue weighted by Crippen LogP contribution is -2.23. The Hall–Kier alpha value is -0.530. The van der Waals surface area contributed by atoms with E-state index >= 15 is 0 Å². The van der Waals surface area contributed by atoms with Crippen LogP contribution >= 0.6 is 0 Å². The van der Waals surface area contributed by atoms with Crippen molar-refractivity contribution >= 4 is 5.97 Å². The van der Waals surface area contributed by atoms with Crippen LogP contribution in [0.3, 0.4) is 0 Å². The first-order chi connectivity index (χ1) is 5.54. The zero-order valence-electron chi connectivity index (χ0n) is 7.97. The normalized spacial score (nSPS) is 23.8. The predicted molar refractivity (Wildman–Crippen MR) is 48.0 cm³/mol. The van der Waals surface area contributed by atoms with Crippen molar-refractivity contribution in [1.29, 1.82) is 0 Å². The van der Waals surface area contributed by atoms with E-state index in [0.29, 0.717) is 17.8 Å². The molecule has 0 spiro atoms. The third-order valence-corrected chi connectivity index (χ3v) is 3.42. The largest absolute Gasteiger partial charge is 0.481 e. The van der Waals surface area contributed by atoms with E-state index in [1.54, 1.807) is 0 Å². The van der Waals surface area contributed by atoms with Crippen LogP contribution in [0.4, 0.5) is 0 Å². The van der Waals surface area contributed by atoms with Gasteiger partial charge in [0.1, 0.15) is 0 Å². The fourth-order valence-corrected chi connectivity index (χ4v) is 2.18. The molecular formula is C10H18O2. The summed E-state index contributed by atoms with van der Waals surface area (Å²) < 4.78 is 0. The molecule has 0 radical (unpaired) electrons. The number of carboxylic acids is 1. The number of aliphatic carboxylic acids is 1. The first-order valence-electron chi connectivity index (χ1n) is 4.76. The van der Waals surface area contributed by atoms with Gasteiger partial charge >= 0.3 is 5.97 Å². The molecule has 1 rings (SSSR count). The van der Waals surface area contributed by atoms with Gasteiger partial charge in [0.05, 0.1) is 0 Å². The Labute approximate surface area is 74.0 Å². The maximum Gasteiger partial charge on any atom is 0.303 e. The lowest BCUT2D eigenvalue weighted by atomic mass is 9.75. The van der Waals surface area contributed by atoms with E-state index in [1.165, 1.54) is 25.7 Å². The molecule has 1 N–H and O–H groups in total. The Bertz CT molecular complexity index is 169. The highest BCUT2D eigenvalue weighted by molar-refractivity contribution is 5.67. The second kappa shape index (κ2) is 3.46. The molecule has 2 heteroatoms. The number of rotatable bonds is 3. The summed E-state index contributed by atoms with van der Waals surface area (Å²) in [6, 6.07) is 0. The van der Waals surface area contributed by atoms with E-state index in [1.807, 2.05) is 0 Å². The molecule has 0 amide bonds. The summed E-state index contributed by atoms with van der Waals surface area (Å²) in [4.78, 5) is 10.5. The monoisotopic (exact) mass is 170 g/mol. The molecule has 1 atom stereocenters. The van der Waals surface area contributed by atoms with Gasteiger partial charge in [-0.1, -0.05) is 26.7 Å². The van der Waals surface area contributed by atoms with Crippen LogP contribution in [0.15, 0.2) is 0 Å². The van der Waals surface area contributed by atoms with Gasteiger partial charge in [-0.15, -0.1) is 0 Å². The molecule has 12 heavy (non-hydrogen) atoms. The molecule has 0 aliphatic heterocycles. The van der Waals surface area contributed by atoms with E-state index in [-0.39, 0.29) is 0 Å². The highest BCUT2D eigenvalue weighted by atomic mass is 16.4. The minimum absolute atomic E-state index is 0.304. The molecule has 1 fully saturated rings. The van der Waals surface area contributed by atoms with Crippen LogP contribution in [-0.4, -0.2) is 11.1 Å². The fraction of sp³-hybridized carbons (Fsp3) is 0.900. The molecule has 0 saturated heterocycles. The first-order valence-corrected chi connectivity index (χ1v) is 4.76. The molecule has 1 saturated carbocycles. The summed E-state index contributed by atoms with van der Waals surface area (Å²) in [5.41, 5.74) is 0.304. The van der Waals surface area contributed by atoms with Gasteiger partial charge in [0.15, 0.2) is 0 Å². The van der Waals surface area contributed by atoms with Crippen LogP contribution in [0, 0.1) is 11.3 Å². The van der Waals surface area contributed by atoms with Crippen LogP contribution < -0.4 is 0 Å². The minimum Gasteiger partial charge on any atom is -0.481 e. The van der Waals surface area contributed by atoms with Gasteiger partial charge in [-0.05, 0) is 24.2 Å². The molecular weight excluding hydrogens is 152 g/mol. The average Bonchev–Trinajstić information content (AvgIpc) is 2.36. The number of carboxylic acid groups (broad SMARTS) is 1. The fourth-order valence-electron chi connectivity index (χ4n) is 2.18. The number of hydrogen-bond acceptors (Lipinski definition) is 1. The zero-order valence-corrected chi connectivity index (χ0v) is 7.97. The summed E-state index contributed by atoms with van der Waals surface area (Å²) in [6.45, 7) is 4.30. The van der Waals surface area contributed by atoms with Crippen molar-refractivity contribution in [2.75, 3.05) is 0 Å². The summed E-state index contributed by atoms with van der Waals surface area (Å²) in [7, 11) is 0. The first kappa shape index (κ1) is 9.56. The highest BCUT2D eigenvalue weighted by Crippen LogP contribution is 2.44. The van der Waals surface area contributed by atoms with E-state index in [0.717, 1.165) is 0 Å². The standard InChI is InChI=1S/C10H18O2/c1-8(7-9(11)12)10(2)5-3-4-6-10/h8H,3-7H2,1-2H3,(H,11,12)/t8-/m1/s1. The quantitative estimate of drug-likeness (QED) is 0.707. The lowest BCUT2D eigenvalue weighted by Gasteiger charge is -2.30. The summed E-state index contributed by atoms with van der Waals surface area (Å²) in [5, 5.41) is 8.66. The van der Waals surface area contributed by atoms with Crippen LogP contribution in [0.25, 0.3) is 0 Å². The Morgan fingerprint density at radius 1 is 1.50 bits per heavy atom. The molecule has 2 nitrogen and oxygen atoms in total. The third-order valence-electron chi connectivity index (χ3n) is 3.42. The number of carbonyl (C=O) groups is 1. The molecule has 0 unspecified atom stereocenters. The van der Waals surface area contributed by atoms with E-state index in [9.17, 15) is 4.79 Å². The topological polar surface area (TPSA) is 37.3 Å². The van der Waals surface area contributed by atoms with Crippen molar-refractivity contribution in [2.45, 2.75) is 46.0 Å². The van der Waals surface area contributed by atoms with Crippen molar-refractivity contribution in [2.24, 2.45) is 11.3 Å². The van der Waals surface area contributed by atoms with E-state index in [2.05, 4.69) is 13.8 Å². The molecule has 0 aromatic carbocycles. The van der Waals surface area contributed by atoms with Crippen LogP contribution in [0.5, 0.6) is 0 Å². The third kappa shape index (κ3) is 1.99. The minimum atomic E-state index is -0.657. The molecule has 0 heterocycles. The Morgan fingerprint density at radius 2 is 2.00 bits per heavy atom. The summed E-state index contributed by atoms with van der Waals surface area (Å²) in [5.74, 6) is -0.326. The Morgan fingerprint density at radius 3 is 2.42 bits per heavy atom. The Balaban J connectivity index is 2.49. The van der Waals surface area contributed by atoms with Crippen molar-refractivity contribution in [1.82, 2.24) is 0 Å². The number of hydrogen-bond donors (Lipinski definition) is 1. The van der Waals surface area contributed by atoms with Crippen molar-refractivity contribution in [3.05, 3.63) is 0 Å². The molecule has 0 aromatic rings. The second-order valence-corrected chi connectivity index (χ2v) is 4.36. The molecule has 0 bridgehead atoms. The van der Waals surface area contributed by atoms with E-state index < -0.39 is 5.97 Å². The lowest BCUT2D eigenvalue weighted by molar-refractivity contribution is -0.139. The SMILES string of the molecule is C[C@H](CC(=O)O)C1(C)CCCC1. The van der Waals surface area contributed by atoms with Gasteiger partial charge in [-0.2, -0.15) is 0 Å². The van der Waals surface area contributed by atoms with E-state index in [4.69, 9.17) is 5.11 Å².